The van der Waals surface area contributed by atoms with E-state index in [1.807, 2.05) is 18.2 Å². The van der Waals surface area contributed by atoms with E-state index < -0.39 is 23.1 Å². The summed E-state index contributed by atoms with van der Waals surface area (Å²) in [6, 6.07) is 10.0. The van der Waals surface area contributed by atoms with Crippen molar-refractivity contribution in [1.82, 2.24) is 5.32 Å². The standard InChI is InChI=1S/C30H39NO5/c1-18-10-9-13-22-26-29(5,36-26)19(2)25-23(16-21-11-7-6-8-12-21)31-27(33)30(22,25)24(35-20(3)32)14-15-28(4,34)17-18/h6-9,11-15,18-19,22-26,34H,10,16-17H2,1-5H3,(H,31,33)/b13-9+,15-14+/t18?,19-,22-,23-,24+,25-,26-,28-,29+,30+/m0/s1. The number of hydrogen-bond acceptors (Lipinski definition) is 5. The summed E-state index contributed by atoms with van der Waals surface area (Å²) < 4.78 is 12.4. The normalized spacial score (nSPS) is 47.3. The van der Waals surface area contributed by atoms with Gasteiger partial charge in [-0.1, -0.05) is 62.4 Å². The lowest BCUT2D eigenvalue weighted by Crippen LogP contribution is -2.60. The zero-order chi connectivity index (χ0) is 25.9. The topological polar surface area (TPSA) is 88.2 Å². The molecule has 1 aromatic carbocycles. The summed E-state index contributed by atoms with van der Waals surface area (Å²) in [5.41, 5.74) is -1.31. The predicted octanol–water partition coefficient (Wildman–Crippen LogP) is 3.98. The zero-order valence-electron chi connectivity index (χ0n) is 21.9. The van der Waals surface area contributed by atoms with Gasteiger partial charge in [0.05, 0.1) is 17.3 Å². The Balaban J connectivity index is 1.68. The van der Waals surface area contributed by atoms with Crippen LogP contribution in [0.4, 0.5) is 0 Å². The SMILES string of the molecule is CC(=O)O[C@@H]1/C=C/[C@](C)(O)CC(C)C/C=C/[C@H]2[C@@H]3O[C@]3(C)[C@@H](C)[C@H]3[C@H](Cc4ccccc4)NC(=O)[C@@]312. The fourth-order valence-corrected chi connectivity index (χ4v) is 7.54. The maximum atomic E-state index is 14.3. The van der Waals surface area contributed by atoms with Crippen LogP contribution in [0.1, 0.15) is 53.0 Å². The van der Waals surface area contributed by atoms with Crippen LogP contribution in [0.3, 0.4) is 0 Å². The van der Waals surface area contributed by atoms with E-state index in [1.165, 1.54) is 6.92 Å². The van der Waals surface area contributed by atoms with Crippen LogP contribution in [0.25, 0.3) is 0 Å². The number of allylic oxidation sites excluding steroid dienone is 1. The van der Waals surface area contributed by atoms with Crippen LogP contribution in [0.5, 0.6) is 0 Å². The number of epoxide rings is 1. The molecule has 3 fully saturated rings. The quantitative estimate of drug-likeness (QED) is 0.378. The number of esters is 1. The van der Waals surface area contributed by atoms with Gasteiger partial charge in [-0.05, 0) is 56.6 Å². The molecule has 36 heavy (non-hydrogen) atoms. The van der Waals surface area contributed by atoms with Crippen molar-refractivity contribution in [3.8, 4) is 0 Å². The van der Waals surface area contributed by atoms with Gasteiger partial charge in [0, 0.05) is 24.8 Å². The number of nitrogens with one attached hydrogen (secondary N) is 1. The van der Waals surface area contributed by atoms with E-state index in [4.69, 9.17) is 9.47 Å². The Hall–Kier alpha value is -2.44. The van der Waals surface area contributed by atoms with Gasteiger partial charge in [-0.25, -0.2) is 0 Å². The van der Waals surface area contributed by atoms with E-state index in [2.05, 4.69) is 50.4 Å². The number of benzene rings is 1. The van der Waals surface area contributed by atoms with Crippen LogP contribution in [0.2, 0.25) is 0 Å². The van der Waals surface area contributed by atoms with Crippen molar-refractivity contribution >= 4 is 11.9 Å². The molecule has 1 aromatic rings. The lowest BCUT2D eigenvalue weighted by Gasteiger charge is -2.49. The minimum atomic E-state index is -1.08. The van der Waals surface area contributed by atoms with Gasteiger partial charge in [-0.2, -0.15) is 0 Å². The third-order valence-corrected chi connectivity index (χ3v) is 9.24. The molecule has 6 nitrogen and oxygen atoms in total. The van der Waals surface area contributed by atoms with Crippen molar-refractivity contribution in [3.63, 3.8) is 0 Å². The molecule has 5 rings (SSSR count). The number of carbonyl (C=O) groups excluding carboxylic acids is 2. The average molecular weight is 494 g/mol. The van der Waals surface area contributed by atoms with Gasteiger partial charge in [-0.15, -0.1) is 0 Å². The van der Waals surface area contributed by atoms with E-state index >= 15 is 0 Å². The molecule has 10 atom stereocenters. The highest BCUT2D eigenvalue weighted by molar-refractivity contribution is 5.89. The summed E-state index contributed by atoms with van der Waals surface area (Å²) in [5, 5.41) is 14.5. The van der Waals surface area contributed by atoms with Gasteiger partial charge in [0.15, 0.2) is 0 Å². The fraction of sp³-hybridized carbons (Fsp3) is 0.600. The molecule has 2 heterocycles. The van der Waals surface area contributed by atoms with Crippen molar-refractivity contribution in [1.29, 1.82) is 0 Å². The molecule has 194 valence electrons. The molecule has 2 N–H and O–H groups in total. The van der Waals surface area contributed by atoms with Crippen molar-refractivity contribution in [2.24, 2.45) is 29.1 Å². The third kappa shape index (κ3) is 4.03. The van der Waals surface area contributed by atoms with Crippen LogP contribution in [-0.2, 0) is 25.5 Å². The van der Waals surface area contributed by atoms with Crippen molar-refractivity contribution < 1.29 is 24.2 Å². The summed E-state index contributed by atoms with van der Waals surface area (Å²) in [6.07, 6.45) is 8.86. The smallest absolute Gasteiger partial charge is 0.303 e. The second-order valence-corrected chi connectivity index (χ2v) is 12.0. The first kappa shape index (κ1) is 25.2. The van der Waals surface area contributed by atoms with E-state index in [1.54, 1.807) is 19.1 Å². The molecule has 0 radical (unpaired) electrons. The molecule has 1 unspecified atom stereocenters. The summed E-state index contributed by atoms with van der Waals surface area (Å²) >= 11 is 0. The number of ether oxygens (including phenoxy) is 2. The largest absolute Gasteiger partial charge is 0.457 e. The second kappa shape index (κ2) is 8.84. The molecule has 4 aliphatic rings. The van der Waals surface area contributed by atoms with Crippen LogP contribution < -0.4 is 5.32 Å². The van der Waals surface area contributed by atoms with Crippen molar-refractivity contribution in [3.05, 3.63) is 60.2 Å². The maximum absolute atomic E-state index is 14.3. The number of hydrogen-bond donors (Lipinski definition) is 2. The summed E-state index contributed by atoms with van der Waals surface area (Å²) in [5.74, 6) is -0.642. The Bertz CT molecular complexity index is 1080. The molecule has 2 aliphatic carbocycles. The molecular weight excluding hydrogens is 454 g/mol. The summed E-state index contributed by atoms with van der Waals surface area (Å²) in [4.78, 5) is 26.7. The van der Waals surface area contributed by atoms with Gasteiger partial charge in [0.2, 0.25) is 5.91 Å². The Morgan fingerprint density at radius 1 is 1.19 bits per heavy atom. The minimum Gasteiger partial charge on any atom is -0.457 e. The van der Waals surface area contributed by atoms with Gasteiger partial charge in [0.1, 0.15) is 11.5 Å². The van der Waals surface area contributed by atoms with E-state index in [-0.39, 0.29) is 47.3 Å². The summed E-state index contributed by atoms with van der Waals surface area (Å²) in [7, 11) is 0. The van der Waals surface area contributed by atoms with E-state index in [9.17, 15) is 14.7 Å². The van der Waals surface area contributed by atoms with E-state index in [0.29, 0.717) is 12.8 Å². The highest BCUT2D eigenvalue weighted by Gasteiger charge is 2.78. The second-order valence-electron chi connectivity index (χ2n) is 12.0. The Morgan fingerprint density at radius 2 is 1.92 bits per heavy atom. The number of rotatable bonds is 3. The first-order chi connectivity index (χ1) is 17.0. The fourth-order valence-electron chi connectivity index (χ4n) is 7.54. The third-order valence-electron chi connectivity index (χ3n) is 9.24. The van der Waals surface area contributed by atoms with Gasteiger partial charge >= 0.3 is 5.97 Å². The predicted molar refractivity (Wildman–Crippen MR) is 137 cm³/mol. The Kier molecular flexibility index (Phi) is 6.19. The van der Waals surface area contributed by atoms with Crippen molar-refractivity contribution in [2.75, 3.05) is 0 Å². The van der Waals surface area contributed by atoms with Gasteiger partial charge in [0.25, 0.3) is 0 Å². The number of aliphatic hydroxyl groups is 1. The molecule has 2 aliphatic heterocycles. The highest BCUT2D eigenvalue weighted by Crippen LogP contribution is 2.67. The van der Waals surface area contributed by atoms with Gasteiger partial charge < -0.3 is 19.9 Å². The number of carbonyl (C=O) groups is 2. The minimum absolute atomic E-state index is 0.0517. The van der Waals surface area contributed by atoms with Crippen LogP contribution >= 0.6 is 0 Å². The Labute approximate surface area is 214 Å². The molecule has 1 spiro atoms. The molecule has 0 aromatic heterocycles. The first-order valence-electron chi connectivity index (χ1n) is 13.3. The lowest BCUT2D eigenvalue weighted by molar-refractivity contribution is -0.162. The molecule has 2 saturated heterocycles. The first-order valence-corrected chi connectivity index (χ1v) is 13.3. The number of fused-ring (bicyclic) bond motifs is 2. The van der Waals surface area contributed by atoms with E-state index in [0.717, 1.165) is 12.0 Å². The zero-order valence-corrected chi connectivity index (χ0v) is 21.9. The maximum Gasteiger partial charge on any atom is 0.303 e. The van der Waals surface area contributed by atoms with Crippen LogP contribution in [-0.4, -0.2) is 46.4 Å². The van der Waals surface area contributed by atoms with Crippen LogP contribution in [0, 0.1) is 29.1 Å². The van der Waals surface area contributed by atoms with Crippen LogP contribution in [0.15, 0.2) is 54.6 Å². The number of amides is 1. The summed E-state index contributed by atoms with van der Waals surface area (Å²) in [6.45, 7) is 9.59. The molecule has 1 amide bonds. The molecule has 0 bridgehead atoms. The highest BCUT2D eigenvalue weighted by atomic mass is 16.6. The van der Waals surface area contributed by atoms with Gasteiger partial charge in [-0.3, -0.25) is 9.59 Å². The molecular formula is C30H39NO5. The average Bonchev–Trinajstić information content (AvgIpc) is 3.42. The Morgan fingerprint density at radius 3 is 2.61 bits per heavy atom. The van der Waals surface area contributed by atoms with Crippen molar-refractivity contribution in [2.45, 2.75) is 83.3 Å². The molecule has 1 saturated carbocycles. The lowest BCUT2D eigenvalue weighted by atomic mass is 9.51. The monoisotopic (exact) mass is 493 g/mol. The molecule has 6 heteroatoms.